The topological polar surface area (TPSA) is 93.8 Å². The van der Waals surface area contributed by atoms with Gasteiger partial charge < -0.3 is 5.11 Å². The van der Waals surface area contributed by atoms with Crippen molar-refractivity contribution >= 4 is 37.6 Å². The fourth-order valence-electron chi connectivity index (χ4n) is 2.35. The smallest absolute Gasteiger partial charge is 0.337 e. The van der Waals surface area contributed by atoms with E-state index in [2.05, 4.69) is 20.1 Å². The summed E-state index contributed by atoms with van der Waals surface area (Å²) in [5.74, 6) is -1.01. The van der Waals surface area contributed by atoms with Crippen molar-refractivity contribution in [1.82, 2.24) is 24.7 Å². The van der Waals surface area contributed by atoms with Crippen LogP contribution in [0.5, 0.6) is 0 Å². The van der Waals surface area contributed by atoms with Crippen molar-refractivity contribution in [2.45, 2.75) is 6.54 Å². The maximum absolute atomic E-state index is 11.6. The summed E-state index contributed by atoms with van der Waals surface area (Å²) in [7, 11) is 0. The standard InChI is InChI=1S/C14H9N5O2S/c20-14(21)9-3-8-10-4-15-2-1-12(10)22-13(8)18-11(9)5-19-7-16-6-17-19/h1-4,6-7H,5H2,(H,20,21). The highest BCUT2D eigenvalue weighted by atomic mass is 32.1. The molecule has 4 aromatic rings. The maximum atomic E-state index is 11.6. The van der Waals surface area contributed by atoms with Gasteiger partial charge in [-0.15, -0.1) is 11.3 Å². The highest BCUT2D eigenvalue weighted by Crippen LogP contribution is 2.33. The lowest BCUT2D eigenvalue weighted by molar-refractivity contribution is 0.0695. The van der Waals surface area contributed by atoms with Gasteiger partial charge in [0, 0.05) is 27.9 Å². The molecule has 0 saturated heterocycles. The Morgan fingerprint density at radius 2 is 2.23 bits per heavy atom. The van der Waals surface area contributed by atoms with Crippen LogP contribution >= 0.6 is 11.3 Å². The largest absolute Gasteiger partial charge is 0.478 e. The molecule has 8 heteroatoms. The Morgan fingerprint density at radius 3 is 3.00 bits per heavy atom. The van der Waals surface area contributed by atoms with Gasteiger partial charge in [-0.05, 0) is 12.1 Å². The Hall–Kier alpha value is -2.87. The van der Waals surface area contributed by atoms with Crippen molar-refractivity contribution in [3.63, 3.8) is 0 Å². The number of pyridine rings is 2. The number of fused-ring (bicyclic) bond motifs is 3. The third-order valence-electron chi connectivity index (χ3n) is 3.35. The van der Waals surface area contributed by atoms with Gasteiger partial charge in [0.15, 0.2) is 0 Å². The van der Waals surface area contributed by atoms with E-state index in [0.29, 0.717) is 5.69 Å². The Kier molecular flexibility index (Phi) is 2.83. The second-order valence-corrected chi connectivity index (χ2v) is 5.74. The van der Waals surface area contributed by atoms with E-state index in [1.165, 1.54) is 24.0 Å². The van der Waals surface area contributed by atoms with E-state index in [1.54, 1.807) is 23.1 Å². The van der Waals surface area contributed by atoms with Gasteiger partial charge in [0.25, 0.3) is 0 Å². The first-order valence-electron chi connectivity index (χ1n) is 6.44. The monoisotopic (exact) mass is 311 g/mol. The van der Waals surface area contributed by atoms with Crippen molar-refractivity contribution < 1.29 is 9.90 Å². The number of carbonyl (C=O) groups is 1. The lowest BCUT2D eigenvalue weighted by atomic mass is 10.1. The number of thiophene rings is 1. The van der Waals surface area contributed by atoms with Crippen LogP contribution in [0.15, 0.2) is 37.2 Å². The number of rotatable bonds is 3. The zero-order valence-electron chi connectivity index (χ0n) is 11.2. The van der Waals surface area contributed by atoms with E-state index in [4.69, 9.17) is 0 Å². The van der Waals surface area contributed by atoms with Crippen molar-refractivity contribution in [3.05, 3.63) is 48.4 Å². The molecule has 4 heterocycles. The van der Waals surface area contributed by atoms with E-state index in [0.717, 1.165) is 20.3 Å². The molecule has 0 atom stereocenters. The predicted molar refractivity (Wildman–Crippen MR) is 81.0 cm³/mol. The van der Waals surface area contributed by atoms with Gasteiger partial charge in [-0.2, -0.15) is 5.10 Å². The number of hydrogen-bond acceptors (Lipinski definition) is 6. The molecule has 0 aliphatic carbocycles. The van der Waals surface area contributed by atoms with Crippen LogP contribution in [0.4, 0.5) is 0 Å². The Labute approximate surface area is 127 Å². The van der Waals surface area contributed by atoms with Crippen LogP contribution < -0.4 is 0 Å². The zero-order valence-corrected chi connectivity index (χ0v) is 12.0. The van der Waals surface area contributed by atoms with E-state index < -0.39 is 5.97 Å². The summed E-state index contributed by atoms with van der Waals surface area (Å²) in [6, 6.07) is 3.57. The summed E-state index contributed by atoms with van der Waals surface area (Å²) in [6.07, 6.45) is 6.39. The molecule has 0 radical (unpaired) electrons. The molecule has 7 nitrogen and oxygen atoms in total. The minimum Gasteiger partial charge on any atom is -0.478 e. The van der Waals surface area contributed by atoms with Crippen LogP contribution in [-0.4, -0.2) is 35.8 Å². The maximum Gasteiger partial charge on any atom is 0.337 e. The second kappa shape index (κ2) is 4.85. The van der Waals surface area contributed by atoms with E-state index in [9.17, 15) is 9.90 Å². The molecule has 0 bridgehead atoms. The second-order valence-electron chi connectivity index (χ2n) is 4.71. The molecular weight excluding hydrogens is 302 g/mol. The average molecular weight is 311 g/mol. The number of nitrogens with zero attached hydrogens (tertiary/aromatic N) is 5. The van der Waals surface area contributed by atoms with Gasteiger partial charge in [0.05, 0.1) is 17.8 Å². The Balaban J connectivity index is 1.96. The van der Waals surface area contributed by atoms with Crippen molar-refractivity contribution in [2.24, 2.45) is 0 Å². The molecule has 0 aliphatic rings. The number of hydrogen-bond donors (Lipinski definition) is 1. The van der Waals surface area contributed by atoms with Gasteiger partial charge in [0.1, 0.15) is 17.5 Å². The molecule has 22 heavy (non-hydrogen) atoms. The first-order chi connectivity index (χ1) is 10.7. The van der Waals surface area contributed by atoms with Gasteiger partial charge in [0.2, 0.25) is 0 Å². The molecule has 108 valence electrons. The molecule has 0 unspecified atom stereocenters. The third kappa shape index (κ3) is 2.01. The number of carboxylic acids is 1. The SMILES string of the molecule is O=C(O)c1cc2c(nc1Cn1cncn1)sc1ccncc12. The van der Waals surface area contributed by atoms with Crippen LogP contribution in [-0.2, 0) is 6.54 Å². The van der Waals surface area contributed by atoms with Crippen LogP contribution in [0.1, 0.15) is 16.1 Å². The van der Waals surface area contributed by atoms with Crippen molar-refractivity contribution in [2.75, 3.05) is 0 Å². The van der Waals surface area contributed by atoms with Crippen LogP contribution in [0.3, 0.4) is 0 Å². The summed E-state index contributed by atoms with van der Waals surface area (Å²) >= 11 is 1.52. The quantitative estimate of drug-likeness (QED) is 0.623. The number of aromatic nitrogens is 5. The van der Waals surface area contributed by atoms with E-state index >= 15 is 0 Å². The summed E-state index contributed by atoms with van der Waals surface area (Å²) in [4.78, 5) is 24.8. The predicted octanol–water partition coefficient (Wildman–Crippen LogP) is 2.18. The Bertz CT molecular complexity index is 993. The van der Waals surface area contributed by atoms with Crippen LogP contribution in [0.25, 0.3) is 20.3 Å². The summed E-state index contributed by atoms with van der Waals surface area (Å²) in [5, 5.41) is 15.2. The van der Waals surface area contributed by atoms with Crippen LogP contribution in [0.2, 0.25) is 0 Å². The Morgan fingerprint density at radius 1 is 1.32 bits per heavy atom. The molecule has 4 aromatic heterocycles. The van der Waals surface area contributed by atoms with Gasteiger partial charge >= 0.3 is 5.97 Å². The summed E-state index contributed by atoms with van der Waals surface area (Å²) in [5.41, 5.74) is 0.636. The van der Waals surface area contributed by atoms with Crippen molar-refractivity contribution in [3.8, 4) is 0 Å². The normalized spacial score (nSPS) is 11.3. The fourth-order valence-corrected chi connectivity index (χ4v) is 3.40. The molecule has 0 amide bonds. The minimum absolute atomic E-state index is 0.173. The number of carboxylic acid groups (broad SMARTS) is 1. The highest BCUT2D eigenvalue weighted by Gasteiger charge is 2.17. The number of aromatic carboxylic acids is 1. The minimum atomic E-state index is -1.01. The molecule has 0 aromatic carbocycles. The fraction of sp³-hybridized carbons (Fsp3) is 0.0714. The van der Waals surface area contributed by atoms with Gasteiger partial charge in [-0.1, -0.05) is 0 Å². The van der Waals surface area contributed by atoms with Gasteiger partial charge in [-0.25, -0.2) is 19.4 Å². The summed E-state index contributed by atoms with van der Waals surface area (Å²) in [6.45, 7) is 0.268. The molecule has 0 saturated carbocycles. The zero-order chi connectivity index (χ0) is 15.1. The molecule has 0 aliphatic heterocycles. The molecule has 4 rings (SSSR count). The first-order valence-corrected chi connectivity index (χ1v) is 7.26. The lowest BCUT2D eigenvalue weighted by Gasteiger charge is -2.05. The average Bonchev–Trinajstić information content (AvgIpc) is 3.13. The van der Waals surface area contributed by atoms with E-state index in [-0.39, 0.29) is 12.1 Å². The highest BCUT2D eigenvalue weighted by molar-refractivity contribution is 7.25. The lowest BCUT2D eigenvalue weighted by Crippen LogP contribution is -2.09. The third-order valence-corrected chi connectivity index (χ3v) is 4.43. The van der Waals surface area contributed by atoms with Crippen LogP contribution in [0, 0.1) is 0 Å². The molecule has 1 N–H and O–H groups in total. The molecule has 0 spiro atoms. The molecular formula is C14H9N5O2S. The van der Waals surface area contributed by atoms with Gasteiger partial charge in [-0.3, -0.25) is 4.98 Å². The van der Waals surface area contributed by atoms with E-state index in [1.807, 2.05) is 6.07 Å². The van der Waals surface area contributed by atoms with Crippen molar-refractivity contribution in [1.29, 1.82) is 0 Å². The molecule has 0 fully saturated rings. The first kappa shape index (κ1) is 12.8. The summed E-state index contributed by atoms with van der Waals surface area (Å²) < 4.78 is 2.59.